The van der Waals surface area contributed by atoms with Crippen molar-refractivity contribution in [3.05, 3.63) is 59.9 Å². The van der Waals surface area contributed by atoms with E-state index >= 15 is 0 Å². The van der Waals surface area contributed by atoms with Crippen molar-refractivity contribution in [2.45, 2.75) is 23.5 Å². The minimum Gasteiger partial charge on any atom is -0.379 e. The van der Waals surface area contributed by atoms with Crippen molar-refractivity contribution in [2.75, 3.05) is 39.4 Å². The van der Waals surface area contributed by atoms with Crippen LogP contribution in [0.15, 0.2) is 53.7 Å². The van der Waals surface area contributed by atoms with E-state index in [1.807, 2.05) is 36.5 Å². The van der Waals surface area contributed by atoms with Gasteiger partial charge in [0.1, 0.15) is 0 Å². The third-order valence-corrected chi connectivity index (χ3v) is 5.62. The van der Waals surface area contributed by atoms with E-state index in [9.17, 15) is 4.79 Å². The van der Waals surface area contributed by atoms with E-state index in [1.54, 1.807) is 18.0 Å². The van der Waals surface area contributed by atoms with Gasteiger partial charge in [0.15, 0.2) is 0 Å². The van der Waals surface area contributed by atoms with E-state index < -0.39 is 0 Å². The summed E-state index contributed by atoms with van der Waals surface area (Å²) in [6.07, 6.45) is 5.77. The highest BCUT2D eigenvalue weighted by molar-refractivity contribution is 7.98. The third-order valence-electron chi connectivity index (χ3n) is 4.54. The van der Waals surface area contributed by atoms with Crippen LogP contribution in [0.1, 0.15) is 28.8 Å². The highest BCUT2D eigenvalue weighted by Gasteiger charge is 2.09. The summed E-state index contributed by atoms with van der Waals surface area (Å²) in [5.74, 6) is 0.882. The number of rotatable bonds is 9. The first-order valence-corrected chi connectivity index (χ1v) is 10.5. The summed E-state index contributed by atoms with van der Waals surface area (Å²) in [6.45, 7) is 5.54. The van der Waals surface area contributed by atoms with Crippen LogP contribution in [-0.4, -0.2) is 55.2 Å². The Morgan fingerprint density at radius 2 is 1.96 bits per heavy atom. The SMILES string of the molecule is O=C(NCCCCN1CCOCC1)c1ccc(SCc2cccnc2)cc1. The number of amides is 1. The Balaban J connectivity index is 1.33. The van der Waals surface area contributed by atoms with Crippen LogP contribution in [0.3, 0.4) is 0 Å². The van der Waals surface area contributed by atoms with Crippen molar-refractivity contribution in [3.8, 4) is 0 Å². The molecule has 1 amide bonds. The lowest BCUT2D eigenvalue weighted by Crippen LogP contribution is -2.37. The van der Waals surface area contributed by atoms with Crippen molar-refractivity contribution in [2.24, 2.45) is 0 Å². The Hall–Kier alpha value is -1.89. The molecule has 27 heavy (non-hydrogen) atoms. The average Bonchev–Trinajstić information content (AvgIpc) is 2.74. The van der Waals surface area contributed by atoms with E-state index in [2.05, 4.69) is 21.3 Å². The number of nitrogens with one attached hydrogen (secondary N) is 1. The molecule has 3 rings (SSSR count). The monoisotopic (exact) mass is 385 g/mol. The lowest BCUT2D eigenvalue weighted by Gasteiger charge is -2.26. The zero-order valence-corrected chi connectivity index (χ0v) is 16.4. The molecule has 5 nitrogen and oxygen atoms in total. The molecule has 1 saturated heterocycles. The summed E-state index contributed by atoms with van der Waals surface area (Å²) in [6, 6.07) is 11.8. The minimum atomic E-state index is 0.00480. The van der Waals surface area contributed by atoms with Crippen LogP contribution >= 0.6 is 11.8 Å². The van der Waals surface area contributed by atoms with E-state index in [0.29, 0.717) is 5.56 Å². The van der Waals surface area contributed by atoms with Gasteiger partial charge in [0, 0.05) is 48.2 Å². The Bertz CT molecular complexity index is 688. The number of unbranched alkanes of at least 4 members (excludes halogenated alkanes) is 1. The second-order valence-corrected chi connectivity index (χ2v) is 7.64. The zero-order chi connectivity index (χ0) is 18.7. The summed E-state index contributed by atoms with van der Waals surface area (Å²) < 4.78 is 5.35. The molecule has 1 fully saturated rings. The third kappa shape index (κ3) is 6.97. The lowest BCUT2D eigenvalue weighted by molar-refractivity contribution is 0.0372. The Morgan fingerprint density at radius 1 is 1.15 bits per heavy atom. The van der Waals surface area contributed by atoms with Gasteiger partial charge in [0.25, 0.3) is 5.91 Å². The van der Waals surface area contributed by atoms with Gasteiger partial charge in [-0.3, -0.25) is 14.7 Å². The molecule has 0 saturated carbocycles. The number of hydrogen-bond donors (Lipinski definition) is 1. The molecule has 0 unspecified atom stereocenters. The number of morpholine rings is 1. The molecule has 1 aromatic carbocycles. The van der Waals surface area contributed by atoms with Gasteiger partial charge in [0.2, 0.25) is 0 Å². The second-order valence-electron chi connectivity index (χ2n) is 6.59. The Kier molecular flexibility index (Phi) is 8.14. The van der Waals surface area contributed by atoms with Crippen LogP contribution in [0.25, 0.3) is 0 Å². The van der Waals surface area contributed by atoms with Crippen LogP contribution in [0, 0.1) is 0 Å². The van der Waals surface area contributed by atoms with E-state index in [-0.39, 0.29) is 5.91 Å². The largest absolute Gasteiger partial charge is 0.379 e. The molecule has 0 bridgehead atoms. The predicted octanol–water partition coefficient (Wildman–Crippen LogP) is 3.22. The number of thioether (sulfide) groups is 1. The fourth-order valence-electron chi connectivity index (χ4n) is 2.94. The molecule has 1 aromatic heterocycles. The first kappa shape index (κ1) is 19.9. The lowest BCUT2D eigenvalue weighted by atomic mass is 10.2. The van der Waals surface area contributed by atoms with Gasteiger partial charge >= 0.3 is 0 Å². The maximum Gasteiger partial charge on any atom is 0.251 e. The number of benzene rings is 1. The van der Waals surface area contributed by atoms with Gasteiger partial charge in [0.05, 0.1) is 13.2 Å². The first-order chi connectivity index (χ1) is 13.3. The Morgan fingerprint density at radius 3 is 2.70 bits per heavy atom. The van der Waals surface area contributed by atoms with Crippen molar-refractivity contribution in [1.29, 1.82) is 0 Å². The first-order valence-electron chi connectivity index (χ1n) is 9.51. The van der Waals surface area contributed by atoms with E-state index in [1.165, 1.54) is 5.56 Å². The zero-order valence-electron chi connectivity index (χ0n) is 15.6. The molecule has 1 aliphatic heterocycles. The van der Waals surface area contributed by atoms with Crippen LogP contribution in [-0.2, 0) is 10.5 Å². The normalized spacial score (nSPS) is 14.8. The molecule has 0 atom stereocenters. The van der Waals surface area contributed by atoms with Gasteiger partial charge in [-0.2, -0.15) is 0 Å². The van der Waals surface area contributed by atoms with Crippen molar-refractivity contribution in [1.82, 2.24) is 15.2 Å². The van der Waals surface area contributed by atoms with Crippen LogP contribution < -0.4 is 5.32 Å². The fraction of sp³-hybridized carbons (Fsp3) is 0.429. The molecule has 1 aliphatic rings. The minimum absolute atomic E-state index is 0.00480. The topological polar surface area (TPSA) is 54.5 Å². The summed E-state index contributed by atoms with van der Waals surface area (Å²) in [5.41, 5.74) is 1.91. The molecule has 0 spiro atoms. The maximum atomic E-state index is 12.2. The number of pyridine rings is 1. The average molecular weight is 386 g/mol. The molecular formula is C21H27N3O2S. The molecule has 1 N–H and O–H groups in total. The van der Waals surface area contributed by atoms with Gasteiger partial charge in [-0.25, -0.2) is 0 Å². The summed E-state index contributed by atoms with van der Waals surface area (Å²) in [7, 11) is 0. The number of hydrogen-bond acceptors (Lipinski definition) is 5. The Labute approximate surface area is 165 Å². The fourth-order valence-corrected chi connectivity index (χ4v) is 3.77. The summed E-state index contributed by atoms with van der Waals surface area (Å²) in [5, 5.41) is 3.02. The molecule has 2 heterocycles. The van der Waals surface area contributed by atoms with Crippen molar-refractivity contribution < 1.29 is 9.53 Å². The molecule has 144 valence electrons. The smallest absolute Gasteiger partial charge is 0.251 e. The van der Waals surface area contributed by atoms with Crippen molar-refractivity contribution in [3.63, 3.8) is 0 Å². The van der Waals surface area contributed by atoms with Gasteiger partial charge < -0.3 is 10.1 Å². The standard InChI is InChI=1S/C21H27N3O2S/c25-21(23-10-1-2-11-24-12-14-26-15-13-24)19-5-7-20(8-6-19)27-17-18-4-3-9-22-16-18/h3-9,16H,1-2,10-15,17H2,(H,23,25). The van der Waals surface area contributed by atoms with Crippen LogP contribution in [0.4, 0.5) is 0 Å². The molecule has 0 radical (unpaired) electrons. The van der Waals surface area contributed by atoms with E-state index in [4.69, 9.17) is 4.74 Å². The number of nitrogens with zero attached hydrogens (tertiary/aromatic N) is 2. The molecule has 6 heteroatoms. The highest BCUT2D eigenvalue weighted by Crippen LogP contribution is 2.22. The number of carbonyl (C=O) groups excluding carboxylic acids is 1. The van der Waals surface area contributed by atoms with Crippen LogP contribution in [0.2, 0.25) is 0 Å². The maximum absolute atomic E-state index is 12.2. The van der Waals surface area contributed by atoms with Crippen LogP contribution in [0.5, 0.6) is 0 Å². The number of aromatic nitrogens is 1. The molecule has 0 aliphatic carbocycles. The highest BCUT2D eigenvalue weighted by atomic mass is 32.2. The van der Waals surface area contributed by atoms with Gasteiger partial charge in [-0.1, -0.05) is 6.07 Å². The summed E-state index contributed by atoms with van der Waals surface area (Å²) >= 11 is 1.75. The van der Waals surface area contributed by atoms with Crippen molar-refractivity contribution >= 4 is 17.7 Å². The summed E-state index contributed by atoms with van der Waals surface area (Å²) in [4.78, 5) is 20.0. The van der Waals surface area contributed by atoms with Gasteiger partial charge in [-0.15, -0.1) is 11.8 Å². The van der Waals surface area contributed by atoms with Gasteiger partial charge in [-0.05, 0) is 55.3 Å². The number of ether oxygens (including phenoxy) is 1. The second kappa shape index (κ2) is 11.1. The predicted molar refractivity (Wildman–Crippen MR) is 109 cm³/mol. The quantitative estimate of drug-likeness (QED) is 0.531. The number of carbonyl (C=O) groups is 1. The van der Waals surface area contributed by atoms with E-state index in [0.717, 1.165) is 62.9 Å². The molecular weight excluding hydrogens is 358 g/mol. The molecule has 2 aromatic rings.